The zero-order valence-electron chi connectivity index (χ0n) is 15.2. The van der Waals surface area contributed by atoms with Crippen LogP contribution in [0.4, 0.5) is 0 Å². The van der Waals surface area contributed by atoms with Crippen LogP contribution in [0.15, 0.2) is 36.4 Å². The lowest BCUT2D eigenvalue weighted by Crippen LogP contribution is -2.05. The van der Waals surface area contributed by atoms with E-state index in [9.17, 15) is 5.11 Å². The first-order valence-corrected chi connectivity index (χ1v) is 7.88. The highest BCUT2D eigenvalue weighted by Gasteiger charge is 2.17. The van der Waals surface area contributed by atoms with E-state index in [0.29, 0.717) is 17.2 Å². The van der Waals surface area contributed by atoms with Crippen LogP contribution in [0, 0.1) is 0 Å². The highest BCUT2D eigenvalue weighted by molar-refractivity contribution is 5.85. The summed E-state index contributed by atoms with van der Waals surface area (Å²) in [5.74, 6) is 2.38. The lowest BCUT2D eigenvalue weighted by atomic mass is 9.97. The first-order valence-electron chi connectivity index (χ1n) is 7.88. The Hall–Kier alpha value is -2.66. The van der Waals surface area contributed by atoms with Crippen LogP contribution in [0.1, 0.15) is 18.1 Å². The molecule has 0 amide bonds. The molecule has 0 aliphatic carbocycles. The number of aliphatic hydroxyl groups excluding tert-OH is 1. The SMILES string of the molecule is COc1ccc(/C=C(\c2cc(OC)c(OC)c(OC)c2)C(C)O)cc1. The Kier molecular flexibility index (Phi) is 6.31. The van der Waals surface area contributed by atoms with Crippen LogP contribution in [0.2, 0.25) is 0 Å². The molecule has 25 heavy (non-hydrogen) atoms. The zero-order valence-corrected chi connectivity index (χ0v) is 15.2. The van der Waals surface area contributed by atoms with Crippen molar-refractivity contribution in [3.8, 4) is 23.0 Å². The molecule has 0 aliphatic rings. The first kappa shape index (κ1) is 18.7. The molecule has 5 nitrogen and oxygen atoms in total. The Labute approximate surface area is 148 Å². The number of aliphatic hydroxyl groups is 1. The van der Waals surface area contributed by atoms with Crippen LogP contribution in [-0.2, 0) is 0 Å². The van der Waals surface area contributed by atoms with Gasteiger partial charge in [-0.1, -0.05) is 12.1 Å². The topological polar surface area (TPSA) is 57.2 Å². The van der Waals surface area contributed by atoms with Crippen molar-refractivity contribution >= 4 is 11.6 Å². The molecule has 5 heteroatoms. The van der Waals surface area contributed by atoms with Gasteiger partial charge in [0.2, 0.25) is 5.75 Å². The molecule has 0 heterocycles. The van der Waals surface area contributed by atoms with Crippen molar-refractivity contribution in [2.75, 3.05) is 28.4 Å². The summed E-state index contributed by atoms with van der Waals surface area (Å²) in [6.07, 6.45) is 1.25. The molecule has 0 bridgehead atoms. The average Bonchev–Trinajstić information content (AvgIpc) is 2.64. The third-order valence-electron chi connectivity index (χ3n) is 3.89. The average molecular weight is 344 g/mol. The molecule has 1 N–H and O–H groups in total. The van der Waals surface area contributed by atoms with Crippen molar-refractivity contribution in [1.29, 1.82) is 0 Å². The van der Waals surface area contributed by atoms with Gasteiger partial charge >= 0.3 is 0 Å². The van der Waals surface area contributed by atoms with E-state index in [0.717, 1.165) is 22.4 Å². The van der Waals surface area contributed by atoms with E-state index < -0.39 is 6.10 Å². The molecule has 134 valence electrons. The fourth-order valence-electron chi connectivity index (χ4n) is 2.57. The summed E-state index contributed by atoms with van der Waals surface area (Å²) in [4.78, 5) is 0. The van der Waals surface area contributed by atoms with Gasteiger partial charge in [-0.2, -0.15) is 0 Å². The number of hydrogen-bond donors (Lipinski definition) is 1. The Morgan fingerprint density at radius 3 is 1.84 bits per heavy atom. The van der Waals surface area contributed by atoms with Crippen molar-refractivity contribution in [1.82, 2.24) is 0 Å². The predicted octanol–water partition coefficient (Wildman–Crippen LogP) is 3.64. The fourth-order valence-corrected chi connectivity index (χ4v) is 2.57. The molecule has 0 saturated heterocycles. The molecule has 1 unspecified atom stereocenters. The van der Waals surface area contributed by atoms with Crippen LogP contribution in [0.3, 0.4) is 0 Å². The second-order valence-corrected chi connectivity index (χ2v) is 5.46. The molecule has 2 aromatic rings. The van der Waals surface area contributed by atoms with Gasteiger partial charge in [-0.3, -0.25) is 0 Å². The number of ether oxygens (including phenoxy) is 4. The van der Waals surface area contributed by atoms with Gasteiger partial charge in [0.15, 0.2) is 11.5 Å². The van der Waals surface area contributed by atoms with E-state index in [4.69, 9.17) is 18.9 Å². The van der Waals surface area contributed by atoms with Crippen LogP contribution in [-0.4, -0.2) is 39.6 Å². The molecule has 0 spiro atoms. The summed E-state index contributed by atoms with van der Waals surface area (Å²) in [6.45, 7) is 1.72. The summed E-state index contributed by atoms with van der Waals surface area (Å²) in [6, 6.07) is 11.3. The van der Waals surface area contributed by atoms with Crippen molar-refractivity contribution in [2.24, 2.45) is 0 Å². The monoisotopic (exact) mass is 344 g/mol. The third kappa shape index (κ3) is 4.25. The number of rotatable bonds is 7. The van der Waals surface area contributed by atoms with Gasteiger partial charge in [0.1, 0.15) is 5.75 Å². The summed E-state index contributed by atoms with van der Waals surface area (Å²) < 4.78 is 21.3. The Balaban J connectivity index is 2.54. The van der Waals surface area contributed by atoms with Crippen molar-refractivity contribution in [2.45, 2.75) is 13.0 Å². The number of methoxy groups -OCH3 is 4. The Morgan fingerprint density at radius 2 is 1.44 bits per heavy atom. The summed E-state index contributed by atoms with van der Waals surface area (Å²) in [5, 5.41) is 10.3. The maximum absolute atomic E-state index is 10.3. The quantitative estimate of drug-likeness (QED) is 0.777. The zero-order chi connectivity index (χ0) is 18.4. The Morgan fingerprint density at radius 1 is 0.880 bits per heavy atom. The Bertz CT molecular complexity index is 707. The molecule has 0 radical (unpaired) electrons. The normalized spacial score (nSPS) is 12.5. The van der Waals surface area contributed by atoms with Gasteiger partial charge in [-0.25, -0.2) is 0 Å². The lowest BCUT2D eigenvalue weighted by molar-refractivity contribution is 0.254. The van der Waals surface area contributed by atoms with Gasteiger partial charge in [-0.05, 0) is 54.0 Å². The summed E-state index contributed by atoms with van der Waals surface area (Å²) in [7, 11) is 6.32. The second-order valence-electron chi connectivity index (χ2n) is 5.46. The van der Waals surface area contributed by atoms with Gasteiger partial charge < -0.3 is 24.1 Å². The largest absolute Gasteiger partial charge is 0.497 e. The van der Waals surface area contributed by atoms with Crippen molar-refractivity contribution in [3.63, 3.8) is 0 Å². The fraction of sp³-hybridized carbons (Fsp3) is 0.300. The van der Waals surface area contributed by atoms with Crippen LogP contribution < -0.4 is 18.9 Å². The first-order chi connectivity index (χ1) is 12.0. The van der Waals surface area contributed by atoms with Crippen LogP contribution >= 0.6 is 0 Å². The molecule has 2 rings (SSSR count). The molecule has 0 saturated carbocycles. The van der Waals surface area contributed by atoms with E-state index in [1.807, 2.05) is 42.5 Å². The van der Waals surface area contributed by atoms with Crippen molar-refractivity contribution in [3.05, 3.63) is 47.5 Å². The van der Waals surface area contributed by atoms with E-state index in [-0.39, 0.29) is 0 Å². The maximum Gasteiger partial charge on any atom is 0.203 e. The number of benzene rings is 2. The molecule has 1 atom stereocenters. The lowest BCUT2D eigenvalue weighted by Gasteiger charge is -2.17. The smallest absolute Gasteiger partial charge is 0.203 e. The van der Waals surface area contributed by atoms with Crippen LogP contribution in [0.5, 0.6) is 23.0 Å². The minimum atomic E-state index is -0.676. The van der Waals surface area contributed by atoms with Gasteiger partial charge in [0.05, 0.1) is 34.5 Å². The second kappa shape index (κ2) is 8.44. The van der Waals surface area contributed by atoms with E-state index >= 15 is 0 Å². The minimum Gasteiger partial charge on any atom is -0.497 e. The molecular formula is C20H24O5. The van der Waals surface area contributed by atoms with Crippen LogP contribution in [0.25, 0.3) is 11.6 Å². The molecule has 0 aliphatic heterocycles. The van der Waals surface area contributed by atoms with E-state index in [1.165, 1.54) is 0 Å². The van der Waals surface area contributed by atoms with Gasteiger partial charge in [0, 0.05) is 0 Å². The summed E-state index contributed by atoms with van der Waals surface area (Å²) in [5.41, 5.74) is 2.48. The van der Waals surface area contributed by atoms with Crippen molar-refractivity contribution < 1.29 is 24.1 Å². The highest BCUT2D eigenvalue weighted by Crippen LogP contribution is 2.40. The number of hydrogen-bond acceptors (Lipinski definition) is 5. The van der Waals surface area contributed by atoms with E-state index in [1.54, 1.807) is 35.4 Å². The molecule has 0 fully saturated rings. The molecule has 2 aromatic carbocycles. The molecular weight excluding hydrogens is 320 g/mol. The van der Waals surface area contributed by atoms with E-state index in [2.05, 4.69) is 0 Å². The highest BCUT2D eigenvalue weighted by atomic mass is 16.5. The summed E-state index contributed by atoms with van der Waals surface area (Å²) >= 11 is 0. The van der Waals surface area contributed by atoms with Gasteiger partial charge in [0.25, 0.3) is 0 Å². The molecule has 0 aromatic heterocycles. The maximum atomic E-state index is 10.3. The third-order valence-corrected chi connectivity index (χ3v) is 3.89. The predicted molar refractivity (Wildman–Crippen MR) is 98.6 cm³/mol. The standard InChI is InChI=1S/C20H24O5/c1-13(21)17(10-14-6-8-16(22-2)9-7-14)15-11-18(23-3)20(25-5)19(12-15)24-4/h6-13,21H,1-5H3/b17-10-. The van der Waals surface area contributed by atoms with Gasteiger partial charge in [-0.15, -0.1) is 0 Å². The minimum absolute atomic E-state index is 0.517.